The van der Waals surface area contributed by atoms with Crippen LogP contribution in [0.4, 0.5) is 0 Å². The van der Waals surface area contributed by atoms with E-state index in [9.17, 15) is 0 Å². The predicted octanol–water partition coefficient (Wildman–Crippen LogP) is 2.17. The molecule has 20 heavy (non-hydrogen) atoms. The van der Waals surface area contributed by atoms with Crippen LogP contribution >= 0.6 is 0 Å². The number of ether oxygens (including phenoxy) is 3. The van der Waals surface area contributed by atoms with Crippen molar-refractivity contribution in [1.29, 1.82) is 0 Å². The van der Waals surface area contributed by atoms with Crippen LogP contribution in [-0.4, -0.2) is 44.4 Å². The molecule has 2 saturated heterocycles. The second-order valence-corrected chi connectivity index (χ2v) is 6.13. The Balaban J connectivity index is 1.74. The highest BCUT2D eigenvalue weighted by molar-refractivity contribution is 5.49. The topological polar surface area (TPSA) is 34.2 Å². The van der Waals surface area contributed by atoms with Gasteiger partial charge in [0.05, 0.1) is 26.4 Å². The minimum atomic E-state index is 0.183. The Bertz CT molecular complexity index is 539. The van der Waals surface area contributed by atoms with Crippen LogP contribution in [0.3, 0.4) is 0 Å². The Morgan fingerprint density at radius 3 is 2.65 bits per heavy atom. The summed E-state index contributed by atoms with van der Waals surface area (Å²) >= 11 is 0. The molecule has 0 radical (unpaired) electrons. The molecule has 0 aliphatic carbocycles. The second kappa shape index (κ2) is 4.37. The van der Waals surface area contributed by atoms with E-state index in [1.54, 1.807) is 14.2 Å². The van der Waals surface area contributed by atoms with E-state index in [4.69, 9.17) is 14.2 Å². The third kappa shape index (κ3) is 1.82. The molecule has 2 fully saturated rings. The van der Waals surface area contributed by atoms with Gasteiger partial charge in [-0.2, -0.15) is 0 Å². The van der Waals surface area contributed by atoms with Gasteiger partial charge in [0.25, 0.3) is 0 Å². The average molecular weight is 275 g/mol. The minimum absolute atomic E-state index is 0.183. The van der Waals surface area contributed by atoms with Crippen molar-refractivity contribution in [3.05, 3.63) is 23.3 Å². The molecule has 0 saturated carbocycles. The second-order valence-electron chi connectivity index (χ2n) is 6.13. The zero-order valence-electron chi connectivity index (χ0n) is 12.1. The van der Waals surface area contributed by atoms with Crippen molar-refractivity contribution in [3.8, 4) is 11.5 Å². The first-order chi connectivity index (χ1) is 9.74. The normalized spacial score (nSPS) is 31.6. The molecule has 0 aromatic heterocycles. The van der Waals surface area contributed by atoms with Crippen molar-refractivity contribution in [1.82, 2.24) is 4.90 Å². The summed E-state index contributed by atoms with van der Waals surface area (Å²) in [5, 5.41) is 0. The Morgan fingerprint density at radius 1 is 1.20 bits per heavy atom. The smallest absolute Gasteiger partial charge is 0.161 e. The quantitative estimate of drug-likeness (QED) is 0.775. The van der Waals surface area contributed by atoms with Gasteiger partial charge in [0, 0.05) is 19.1 Å². The molecule has 3 aliphatic heterocycles. The van der Waals surface area contributed by atoms with Crippen LogP contribution in [0.5, 0.6) is 11.5 Å². The zero-order chi connectivity index (χ0) is 13.7. The van der Waals surface area contributed by atoms with Gasteiger partial charge < -0.3 is 14.2 Å². The summed E-state index contributed by atoms with van der Waals surface area (Å²) in [5.74, 6) is 1.68. The lowest BCUT2D eigenvalue weighted by atomic mass is 9.82. The lowest BCUT2D eigenvalue weighted by molar-refractivity contribution is 0.0800. The maximum atomic E-state index is 5.72. The van der Waals surface area contributed by atoms with E-state index in [1.807, 2.05) is 0 Å². The third-order valence-corrected chi connectivity index (χ3v) is 5.09. The molecule has 3 heterocycles. The van der Waals surface area contributed by atoms with Crippen LogP contribution in [-0.2, 0) is 11.2 Å². The lowest BCUT2D eigenvalue weighted by Gasteiger charge is -2.43. The molecule has 3 aliphatic rings. The summed E-state index contributed by atoms with van der Waals surface area (Å²) in [4.78, 5) is 2.60. The number of hydrogen-bond donors (Lipinski definition) is 0. The first-order valence-corrected chi connectivity index (χ1v) is 7.37. The number of piperidine rings is 1. The largest absolute Gasteiger partial charge is 0.493 e. The summed E-state index contributed by atoms with van der Waals surface area (Å²) in [6.07, 6.45) is 3.40. The summed E-state index contributed by atoms with van der Waals surface area (Å²) < 4.78 is 16.6. The van der Waals surface area contributed by atoms with Crippen LogP contribution in [0.2, 0.25) is 0 Å². The Hall–Kier alpha value is -1.26. The fourth-order valence-electron chi connectivity index (χ4n) is 3.75. The molecule has 0 bridgehead atoms. The van der Waals surface area contributed by atoms with Crippen molar-refractivity contribution in [2.24, 2.45) is 0 Å². The summed E-state index contributed by atoms with van der Waals surface area (Å²) in [6, 6.07) is 4.81. The van der Waals surface area contributed by atoms with Gasteiger partial charge in [-0.25, -0.2) is 0 Å². The van der Waals surface area contributed by atoms with E-state index in [0.717, 1.165) is 44.0 Å². The maximum absolute atomic E-state index is 5.72. The van der Waals surface area contributed by atoms with Crippen LogP contribution in [0.1, 0.15) is 30.0 Å². The molecule has 1 spiro atoms. The van der Waals surface area contributed by atoms with E-state index >= 15 is 0 Å². The molecule has 1 aromatic rings. The van der Waals surface area contributed by atoms with E-state index in [0.29, 0.717) is 6.04 Å². The van der Waals surface area contributed by atoms with Gasteiger partial charge in [0.1, 0.15) is 0 Å². The molecular formula is C16H21NO3. The zero-order valence-corrected chi connectivity index (χ0v) is 12.1. The highest BCUT2D eigenvalue weighted by atomic mass is 16.6. The SMILES string of the molecule is COc1cc2c(cc1OC)[C@@H]1C[C@@]3(CCN1CC2)CO3. The first kappa shape index (κ1) is 12.5. The molecular weight excluding hydrogens is 254 g/mol. The van der Waals surface area contributed by atoms with Crippen LogP contribution in [0.15, 0.2) is 12.1 Å². The number of nitrogens with zero attached hydrogens (tertiary/aromatic N) is 1. The molecule has 108 valence electrons. The lowest BCUT2D eigenvalue weighted by Crippen LogP contribution is -2.44. The van der Waals surface area contributed by atoms with Gasteiger partial charge in [-0.15, -0.1) is 0 Å². The van der Waals surface area contributed by atoms with E-state index in [2.05, 4.69) is 17.0 Å². The fourth-order valence-corrected chi connectivity index (χ4v) is 3.75. The number of benzene rings is 1. The number of rotatable bonds is 2. The van der Waals surface area contributed by atoms with Gasteiger partial charge in [-0.1, -0.05) is 0 Å². The Labute approximate surface area is 119 Å². The molecule has 4 nitrogen and oxygen atoms in total. The standard InChI is InChI=1S/C16H21NO3/c1-18-14-7-11-3-5-17-6-4-16(10-20-16)9-13(17)12(11)8-15(14)19-2/h7-8,13H,3-6,9-10H2,1-2H3/t13-,16-/m0/s1. The first-order valence-electron chi connectivity index (χ1n) is 7.37. The Morgan fingerprint density at radius 2 is 1.95 bits per heavy atom. The highest BCUT2D eigenvalue weighted by Gasteiger charge is 2.51. The summed E-state index contributed by atoms with van der Waals surface area (Å²) in [5.41, 5.74) is 2.99. The molecule has 4 rings (SSSR count). The molecule has 0 amide bonds. The van der Waals surface area contributed by atoms with Crippen molar-refractivity contribution in [2.45, 2.75) is 30.9 Å². The number of epoxide rings is 1. The summed E-state index contributed by atoms with van der Waals surface area (Å²) in [7, 11) is 3.41. The molecule has 2 atom stereocenters. The van der Waals surface area contributed by atoms with E-state index in [1.165, 1.54) is 17.5 Å². The number of hydrogen-bond acceptors (Lipinski definition) is 4. The molecule has 0 N–H and O–H groups in total. The van der Waals surface area contributed by atoms with Gasteiger partial charge >= 0.3 is 0 Å². The molecule has 4 heteroatoms. The average Bonchev–Trinajstić information content (AvgIpc) is 3.24. The van der Waals surface area contributed by atoms with Crippen molar-refractivity contribution in [2.75, 3.05) is 33.9 Å². The molecule has 1 aromatic carbocycles. The van der Waals surface area contributed by atoms with Crippen molar-refractivity contribution < 1.29 is 14.2 Å². The Kier molecular flexibility index (Phi) is 2.72. The number of methoxy groups -OCH3 is 2. The van der Waals surface area contributed by atoms with Crippen LogP contribution < -0.4 is 9.47 Å². The number of fused-ring (bicyclic) bond motifs is 3. The predicted molar refractivity (Wildman–Crippen MR) is 75.5 cm³/mol. The van der Waals surface area contributed by atoms with Crippen molar-refractivity contribution >= 4 is 0 Å². The van der Waals surface area contributed by atoms with Gasteiger partial charge in [0.2, 0.25) is 0 Å². The summed E-state index contributed by atoms with van der Waals surface area (Å²) in [6.45, 7) is 3.24. The van der Waals surface area contributed by atoms with Crippen molar-refractivity contribution in [3.63, 3.8) is 0 Å². The van der Waals surface area contributed by atoms with Crippen LogP contribution in [0, 0.1) is 0 Å². The minimum Gasteiger partial charge on any atom is -0.493 e. The highest BCUT2D eigenvalue weighted by Crippen LogP contribution is 2.49. The van der Waals surface area contributed by atoms with Gasteiger partial charge in [-0.05, 0) is 42.5 Å². The molecule has 0 unspecified atom stereocenters. The monoisotopic (exact) mass is 275 g/mol. The maximum Gasteiger partial charge on any atom is 0.161 e. The van der Waals surface area contributed by atoms with E-state index in [-0.39, 0.29) is 5.60 Å². The third-order valence-electron chi connectivity index (χ3n) is 5.09. The van der Waals surface area contributed by atoms with Crippen LogP contribution in [0.25, 0.3) is 0 Å². The van der Waals surface area contributed by atoms with Gasteiger partial charge in [-0.3, -0.25) is 4.90 Å². The fraction of sp³-hybridized carbons (Fsp3) is 0.625. The van der Waals surface area contributed by atoms with Gasteiger partial charge in [0.15, 0.2) is 11.5 Å². The van der Waals surface area contributed by atoms with E-state index < -0.39 is 0 Å².